The van der Waals surface area contributed by atoms with E-state index in [2.05, 4.69) is 6.07 Å². The molecule has 0 saturated carbocycles. The number of fused-ring (bicyclic) bond motifs is 3. The Morgan fingerprint density at radius 2 is 2.29 bits per heavy atom. The molecule has 17 heavy (non-hydrogen) atoms. The zero-order valence-electron chi connectivity index (χ0n) is 9.85. The first kappa shape index (κ1) is 10.6. The van der Waals surface area contributed by atoms with E-state index in [1.807, 2.05) is 17.0 Å². The lowest BCUT2D eigenvalue weighted by molar-refractivity contribution is -0.129. The third kappa shape index (κ3) is 1.52. The Labute approximate surface area is 100 Å². The van der Waals surface area contributed by atoms with E-state index in [0.717, 1.165) is 24.3 Å². The van der Waals surface area contributed by atoms with Crippen LogP contribution in [0, 0.1) is 0 Å². The van der Waals surface area contributed by atoms with Crippen LogP contribution in [0.25, 0.3) is 0 Å². The van der Waals surface area contributed by atoms with Gasteiger partial charge in [-0.3, -0.25) is 4.79 Å². The number of nitrogens with zero attached hydrogens (tertiary/aromatic N) is 1. The van der Waals surface area contributed by atoms with Gasteiger partial charge in [-0.25, -0.2) is 0 Å². The van der Waals surface area contributed by atoms with Crippen molar-refractivity contribution in [1.82, 2.24) is 4.90 Å². The molecule has 1 amide bonds. The Bertz CT molecular complexity index is 472. The number of benzene rings is 1. The highest BCUT2D eigenvalue weighted by Crippen LogP contribution is 2.38. The van der Waals surface area contributed by atoms with E-state index in [1.54, 1.807) is 7.11 Å². The monoisotopic (exact) mass is 232 g/mol. The third-order valence-corrected chi connectivity index (χ3v) is 3.77. The number of amides is 1. The van der Waals surface area contributed by atoms with Crippen LogP contribution in [0.15, 0.2) is 18.2 Å². The van der Waals surface area contributed by atoms with Crippen LogP contribution in [0.1, 0.15) is 23.6 Å². The smallest absolute Gasteiger partial charge is 0.224 e. The fourth-order valence-corrected chi connectivity index (χ4v) is 2.92. The van der Waals surface area contributed by atoms with Crippen molar-refractivity contribution in [2.45, 2.75) is 24.9 Å². The minimum Gasteiger partial charge on any atom is -0.497 e. The van der Waals surface area contributed by atoms with Crippen LogP contribution in [-0.2, 0) is 11.2 Å². The topological polar surface area (TPSA) is 55.6 Å². The molecular formula is C13H16N2O2. The number of carbonyl (C=O) groups is 1. The summed E-state index contributed by atoms with van der Waals surface area (Å²) in [5, 5.41) is 0. The molecule has 0 spiro atoms. The molecule has 3 rings (SSSR count). The molecule has 0 bridgehead atoms. The Hall–Kier alpha value is -1.55. The number of ether oxygens (including phenoxy) is 1. The molecule has 0 aromatic heterocycles. The average molecular weight is 232 g/mol. The summed E-state index contributed by atoms with van der Waals surface area (Å²) < 4.78 is 5.25. The molecule has 2 atom stereocenters. The molecule has 0 aliphatic carbocycles. The van der Waals surface area contributed by atoms with Gasteiger partial charge in [-0.15, -0.1) is 0 Å². The van der Waals surface area contributed by atoms with Gasteiger partial charge in [0.15, 0.2) is 0 Å². The Balaban J connectivity index is 2.07. The maximum atomic E-state index is 11.8. The number of hydrogen-bond donors (Lipinski definition) is 1. The normalized spacial score (nSPS) is 26.7. The Kier molecular flexibility index (Phi) is 2.33. The van der Waals surface area contributed by atoms with E-state index >= 15 is 0 Å². The van der Waals surface area contributed by atoms with Gasteiger partial charge in [0.05, 0.1) is 13.2 Å². The lowest BCUT2D eigenvalue weighted by atomic mass is 9.90. The second-order valence-corrected chi connectivity index (χ2v) is 4.71. The standard InChI is InChI=1S/C13H16N2O2/c1-17-9-3-2-8-4-5-15-12(16)7-11(14)13(15)10(8)6-9/h2-3,6,11,13H,4-5,7,14H2,1H3. The van der Waals surface area contributed by atoms with E-state index < -0.39 is 0 Å². The largest absolute Gasteiger partial charge is 0.497 e. The first-order valence-electron chi connectivity index (χ1n) is 5.92. The molecular weight excluding hydrogens is 216 g/mol. The van der Waals surface area contributed by atoms with Crippen molar-refractivity contribution in [1.29, 1.82) is 0 Å². The first-order valence-corrected chi connectivity index (χ1v) is 5.92. The molecule has 2 N–H and O–H groups in total. The quantitative estimate of drug-likeness (QED) is 0.781. The average Bonchev–Trinajstić information content (AvgIpc) is 2.64. The number of rotatable bonds is 1. The maximum absolute atomic E-state index is 11.8. The van der Waals surface area contributed by atoms with Crippen molar-refractivity contribution < 1.29 is 9.53 Å². The summed E-state index contributed by atoms with van der Waals surface area (Å²) in [6.07, 6.45) is 1.37. The summed E-state index contributed by atoms with van der Waals surface area (Å²) in [6, 6.07) is 6.03. The fraction of sp³-hybridized carbons (Fsp3) is 0.462. The molecule has 2 unspecified atom stereocenters. The molecule has 90 valence electrons. The minimum absolute atomic E-state index is 0.0429. The first-order chi connectivity index (χ1) is 8.20. The van der Waals surface area contributed by atoms with Gasteiger partial charge in [0.2, 0.25) is 5.91 Å². The zero-order chi connectivity index (χ0) is 12.0. The summed E-state index contributed by atoms with van der Waals surface area (Å²) in [4.78, 5) is 13.7. The van der Waals surface area contributed by atoms with Crippen LogP contribution >= 0.6 is 0 Å². The van der Waals surface area contributed by atoms with Gasteiger partial charge in [-0.1, -0.05) is 6.07 Å². The van der Waals surface area contributed by atoms with Gasteiger partial charge >= 0.3 is 0 Å². The van der Waals surface area contributed by atoms with Gasteiger partial charge in [0, 0.05) is 19.0 Å². The molecule has 4 nitrogen and oxygen atoms in total. The maximum Gasteiger partial charge on any atom is 0.224 e. The van der Waals surface area contributed by atoms with Crippen molar-refractivity contribution in [2.75, 3.05) is 13.7 Å². The second kappa shape index (κ2) is 3.74. The molecule has 2 heterocycles. The highest BCUT2D eigenvalue weighted by atomic mass is 16.5. The van der Waals surface area contributed by atoms with E-state index in [1.165, 1.54) is 5.56 Å². The van der Waals surface area contributed by atoms with E-state index in [4.69, 9.17) is 10.5 Å². The Morgan fingerprint density at radius 3 is 3.06 bits per heavy atom. The molecule has 1 saturated heterocycles. The van der Waals surface area contributed by atoms with E-state index in [0.29, 0.717) is 6.42 Å². The number of hydrogen-bond acceptors (Lipinski definition) is 3. The van der Waals surface area contributed by atoms with Crippen LogP contribution in [0.4, 0.5) is 0 Å². The molecule has 1 fully saturated rings. The van der Waals surface area contributed by atoms with Crippen molar-refractivity contribution in [3.8, 4) is 5.75 Å². The molecule has 2 aliphatic rings. The SMILES string of the molecule is COc1ccc2c(c1)C1C(N)CC(=O)N1CC2. The molecule has 1 aromatic rings. The van der Waals surface area contributed by atoms with Crippen molar-refractivity contribution in [3.05, 3.63) is 29.3 Å². The van der Waals surface area contributed by atoms with Crippen molar-refractivity contribution >= 4 is 5.91 Å². The highest BCUT2D eigenvalue weighted by Gasteiger charge is 2.41. The Morgan fingerprint density at radius 1 is 1.47 bits per heavy atom. The minimum atomic E-state index is -0.0892. The number of carbonyl (C=O) groups excluding carboxylic acids is 1. The van der Waals surface area contributed by atoms with Gasteiger partial charge in [-0.05, 0) is 29.7 Å². The van der Waals surface area contributed by atoms with Crippen LogP contribution in [-0.4, -0.2) is 30.5 Å². The van der Waals surface area contributed by atoms with Crippen LogP contribution in [0.5, 0.6) is 5.75 Å². The fourth-order valence-electron chi connectivity index (χ4n) is 2.92. The lowest BCUT2D eigenvalue weighted by Crippen LogP contribution is -2.38. The zero-order valence-corrected chi connectivity index (χ0v) is 9.85. The van der Waals surface area contributed by atoms with Crippen molar-refractivity contribution in [2.24, 2.45) is 5.73 Å². The third-order valence-electron chi connectivity index (χ3n) is 3.77. The van der Waals surface area contributed by atoms with Crippen LogP contribution in [0.2, 0.25) is 0 Å². The predicted molar refractivity (Wildman–Crippen MR) is 63.7 cm³/mol. The predicted octanol–water partition coefficient (Wildman–Crippen LogP) is 0.852. The summed E-state index contributed by atoms with van der Waals surface area (Å²) >= 11 is 0. The van der Waals surface area contributed by atoms with E-state index in [-0.39, 0.29) is 18.0 Å². The van der Waals surface area contributed by atoms with Gasteiger partial charge in [0.1, 0.15) is 5.75 Å². The highest BCUT2D eigenvalue weighted by molar-refractivity contribution is 5.81. The summed E-state index contributed by atoms with van der Waals surface area (Å²) in [5.74, 6) is 1.01. The van der Waals surface area contributed by atoms with Gasteiger partial charge < -0.3 is 15.4 Å². The summed E-state index contributed by atoms with van der Waals surface area (Å²) in [6.45, 7) is 0.788. The number of methoxy groups -OCH3 is 1. The molecule has 2 aliphatic heterocycles. The molecule has 0 radical (unpaired) electrons. The second-order valence-electron chi connectivity index (χ2n) is 4.71. The van der Waals surface area contributed by atoms with Gasteiger partial charge in [-0.2, -0.15) is 0 Å². The van der Waals surface area contributed by atoms with Crippen molar-refractivity contribution in [3.63, 3.8) is 0 Å². The number of nitrogens with two attached hydrogens (primary N) is 1. The summed E-state index contributed by atoms with van der Waals surface area (Å²) in [7, 11) is 1.65. The molecule has 4 heteroatoms. The molecule has 1 aromatic carbocycles. The van der Waals surface area contributed by atoms with Gasteiger partial charge in [0.25, 0.3) is 0 Å². The lowest BCUT2D eigenvalue weighted by Gasteiger charge is -2.33. The van der Waals surface area contributed by atoms with Crippen LogP contribution < -0.4 is 10.5 Å². The van der Waals surface area contributed by atoms with E-state index in [9.17, 15) is 4.79 Å². The summed E-state index contributed by atoms with van der Waals surface area (Å²) in [5.41, 5.74) is 8.53. The van der Waals surface area contributed by atoms with Crippen LogP contribution in [0.3, 0.4) is 0 Å².